The summed E-state index contributed by atoms with van der Waals surface area (Å²) in [4.78, 5) is 40.1. The summed E-state index contributed by atoms with van der Waals surface area (Å²) in [6.07, 6.45) is 0.632. The number of anilines is 3. The monoisotopic (exact) mass is 405 g/mol. The number of nitrogens with one attached hydrogen (secondary N) is 1. The molecule has 1 aromatic carbocycles. The highest BCUT2D eigenvalue weighted by molar-refractivity contribution is 5.90. The minimum atomic E-state index is -0.638. The Morgan fingerprint density at radius 3 is 2.45 bits per heavy atom. The molecule has 0 radical (unpaired) electrons. The number of rotatable bonds is 6. The van der Waals surface area contributed by atoms with Crippen molar-refractivity contribution in [1.29, 1.82) is 0 Å². The Morgan fingerprint density at radius 1 is 1.17 bits per heavy atom. The molecule has 3 N–H and O–H groups in total. The van der Waals surface area contributed by atoms with Crippen molar-refractivity contribution in [3.05, 3.63) is 50.9 Å². The lowest BCUT2D eigenvalue weighted by atomic mass is 10.3. The number of carbonyl (C=O) groups is 1. The molecule has 0 unspecified atom stereocenters. The van der Waals surface area contributed by atoms with Gasteiger partial charge < -0.3 is 20.7 Å². The Balaban J connectivity index is 1.97. The van der Waals surface area contributed by atoms with Gasteiger partial charge in [0.15, 0.2) is 0 Å². The lowest BCUT2D eigenvalue weighted by Crippen LogP contribution is -2.48. The maximum Gasteiger partial charge on any atom is 0.333 e. The van der Waals surface area contributed by atoms with Gasteiger partial charge in [-0.15, -0.1) is 0 Å². The van der Waals surface area contributed by atoms with Crippen LogP contribution < -0.4 is 27.2 Å². The van der Waals surface area contributed by atoms with Crippen LogP contribution in [0, 0.1) is 5.82 Å². The number of ether oxygens (including phenoxy) is 1. The van der Waals surface area contributed by atoms with Gasteiger partial charge >= 0.3 is 5.69 Å². The Bertz CT molecular complexity index is 993. The van der Waals surface area contributed by atoms with E-state index in [1.807, 2.05) is 6.92 Å². The molecule has 29 heavy (non-hydrogen) atoms. The lowest BCUT2D eigenvalue weighted by molar-refractivity contribution is -0.116. The number of nitrogen functional groups attached to an aromatic ring is 1. The van der Waals surface area contributed by atoms with Crippen molar-refractivity contribution < 1.29 is 13.9 Å². The van der Waals surface area contributed by atoms with Crippen LogP contribution in [-0.4, -0.2) is 41.3 Å². The minimum Gasteiger partial charge on any atom is -0.383 e. The van der Waals surface area contributed by atoms with Gasteiger partial charge in [0.1, 0.15) is 23.9 Å². The number of amides is 1. The second-order valence-electron chi connectivity index (χ2n) is 6.71. The molecule has 1 aliphatic heterocycles. The summed E-state index contributed by atoms with van der Waals surface area (Å²) in [6, 6.07) is 5.20. The van der Waals surface area contributed by atoms with E-state index in [0.717, 1.165) is 4.57 Å². The molecule has 1 amide bonds. The molecular weight excluding hydrogens is 381 g/mol. The summed E-state index contributed by atoms with van der Waals surface area (Å²) >= 11 is 0. The van der Waals surface area contributed by atoms with Crippen molar-refractivity contribution in [2.45, 2.75) is 26.4 Å². The zero-order valence-electron chi connectivity index (χ0n) is 16.2. The summed E-state index contributed by atoms with van der Waals surface area (Å²) in [5.41, 5.74) is 5.48. The van der Waals surface area contributed by atoms with Gasteiger partial charge in [-0.05, 0) is 30.7 Å². The van der Waals surface area contributed by atoms with Crippen LogP contribution in [0.25, 0.3) is 0 Å². The van der Waals surface area contributed by atoms with E-state index in [0.29, 0.717) is 45.0 Å². The van der Waals surface area contributed by atoms with E-state index in [2.05, 4.69) is 5.32 Å². The second-order valence-corrected chi connectivity index (χ2v) is 6.71. The summed E-state index contributed by atoms with van der Waals surface area (Å²) in [6.45, 7) is 3.54. The van der Waals surface area contributed by atoms with Crippen LogP contribution in [0.15, 0.2) is 33.9 Å². The number of carbonyl (C=O) groups excluding carboxylic acids is 1. The third-order valence-corrected chi connectivity index (χ3v) is 4.65. The molecule has 0 saturated carbocycles. The van der Waals surface area contributed by atoms with Crippen molar-refractivity contribution in [1.82, 2.24) is 9.13 Å². The van der Waals surface area contributed by atoms with Gasteiger partial charge in [-0.3, -0.25) is 14.2 Å². The van der Waals surface area contributed by atoms with Gasteiger partial charge in [-0.2, -0.15) is 0 Å². The van der Waals surface area contributed by atoms with Gasteiger partial charge in [0.25, 0.3) is 5.56 Å². The van der Waals surface area contributed by atoms with Gasteiger partial charge in [0, 0.05) is 25.3 Å². The van der Waals surface area contributed by atoms with Crippen LogP contribution in [0.1, 0.15) is 13.3 Å². The number of morpholine rings is 1. The normalized spacial score (nSPS) is 14.1. The fraction of sp³-hybridized carbons (Fsp3) is 0.421. The average molecular weight is 405 g/mol. The molecule has 1 aromatic heterocycles. The predicted octanol–water partition coefficient (Wildman–Crippen LogP) is 0.617. The molecule has 156 valence electrons. The molecule has 0 aliphatic carbocycles. The number of benzene rings is 1. The van der Waals surface area contributed by atoms with Crippen LogP contribution in [0.5, 0.6) is 0 Å². The molecule has 0 spiro atoms. The van der Waals surface area contributed by atoms with Gasteiger partial charge in [-0.25, -0.2) is 13.8 Å². The highest BCUT2D eigenvalue weighted by Gasteiger charge is 2.24. The zero-order chi connectivity index (χ0) is 21.0. The molecule has 0 bridgehead atoms. The van der Waals surface area contributed by atoms with Crippen molar-refractivity contribution in [3.63, 3.8) is 0 Å². The first-order chi connectivity index (χ1) is 13.9. The Labute approximate surface area is 166 Å². The lowest BCUT2D eigenvalue weighted by Gasteiger charge is -2.30. The number of nitrogens with zero attached hydrogens (tertiary/aromatic N) is 3. The molecule has 10 heteroatoms. The average Bonchev–Trinajstić information content (AvgIpc) is 2.71. The Morgan fingerprint density at radius 2 is 1.83 bits per heavy atom. The number of hydrogen-bond donors (Lipinski definition) is 2. The largest absolute Gasteiger partial charge is 0.383 e. The molecule has 1 aliphatic rings. The summed E-state index contributed by atoms with van der Waals surface area (Å²) in [5, 5.41) is 2.56. The smallest absolute Gasteiger partial charge is 0.333 e. The highest BCUT2D eigenvalue weighted by Crippen LogP contribution is 2.18. The molecule has 1 saturated heterocycles. The van der Waals surface area contributed by atoms with E-state index in [1.54, 1.807) is 4.90 Å². The van der Waals surface area contributed by atoms with E-state index in [1.165, 1.54) is 28.8 Å². The van der Waals surface area contributed by atoms with E-state index in [4.69, 9.17) is 10.5 Å². The van der Waals surface area contributed by atoms with Crippen molar-refractivity contribution in [3.8, 4) is 0 Å². The van der Waals surface area contributed by atoms with Crippen LogP contribution in [0.3, 0.4) is 0 Å². The number of nitrogens with two attached hydrogens (primary N) is 1. The van der Waals surface area contributed by atoms with Crippen LogP contribution in [-0.2, 0) is 22.6 Å². The van der Waals surface area contributed by atoms with Crippen LogP contribution >= 0.6 is 0 Å². The molecule has 0 atom stereocenters. The highest BCUT2D eigenvalue weighted by atomic mass is 19.1. The van der Waals surface area contributed by atoms with E-state index >= 15 is 0 Å². The topological polar surface area (TPSA) is 112 Å². The minimum absolute atomic E-state index is 0.0962. The Kier molecular flexibility index (Phi) is 6.32. The van der Waals surface area contributed by atoms with E-state index in [-0.39, 0.29) is 11.5 Å². The molecule has 1 fully saturated rings. The zero-order valence-corrected chi connectivity index (χ0v) is 16.2. The van der Waals surface area contributed by atoms with Gasteiger partial charge in [0.05, 0.1) is 13.2 Å². The SMILES string of the molecule is CCCn1c(N)c(N2CCOCC2)c(=O)n(CC(=O)Nc2ccc(F)cc2)c1=O. The first-order valence-electron chi connectivity index (χ1n) is 9.43. The fourth-order valence-corrected chi connectivity index (χ4v) is 3.24. The first-order valence-corrected chi connectivity index (χ1v) is 9.43. The van der Waals surface area contributed by atoms with Gasteiger partial charge in [0.2, 0.25) is 5.91 Å². The second kappa shape index (κ2) is 8.91. The van der Waals surface area contributed by atoms with E-state index < -0.39 is 29.5 Å². The predicted molar refractivity (Wildman–Crippen MR) is 108 cm³/mol. The summed E-state index contributed by atoms with van der Waals surface area (Å²) in [7, 11) is 0. The standard InChI is InChI=1S/C19H24FN5O4/c1-2-7-24-17(21)16(23-8-10-29-11-9-23)18(27)25(19(24)28)12-15(26)22-14-5-3-13(20)4-6-14/h3-6H,2,7-12,21H2,1H3,(H,22,26). The van der Waals surface area contributed by atoms with Crippen molar-refractivity contribution in [2.75, 3.05) is 42.3 Å². The van der Waals surface area contributed by atoms with Crippen molar-refractivity contribution in [2.24, 2.45) is 0 Å². The number of hydrogen-bond acceptors (Lipinski definition) is 6. The molecular formula is C19H24FN5O4. The molecule has 3 rings (SSSR count). The van der Waals surface area contributed by atoms with Crippen molar-refractivity contribution >= 4 is 23.1 Å². The number of halogens is 1. The molecule has 9 nitrogen and oxygen atoms in total. The van der Waals surface area contributed by atoms with Gasteiger partial charge in [-0.1, -0.05) is 6.92 Å². The van der Waals surface area contributed by atoms with Crippen LogP contribution in [0.2, 0.25) is 0 Å². The number of aromatic nitrogens is 2. The Hall–Kier alpha value is -3.14. The van der Waals surface area contributed by atoms with E-state index in [9.17, 15) is 18.8 Å². The summed E-state index contributed by atoms with van der Waals surface area (Å²) < 4.78 is 20.5. The third-order valence-electron chi connectivity index (χ3n) is 4.65. The molecule has 2 aromatic rings. The molecule has 2 heterocycles. The maximum atomic E-state index is 13.1. The first kappa shape index (κ1) is 20.6. The summed E-state index contributed by atoms with van der Waals surface area (Å²) in [5.74, 6) is -0.911. The van der Waals surface area contributed by atoms with Crippen LogP contribution in [0.4, 0.5) is 21.6 Å². The quantitative estimate of drug-likeness (QED) is 0.729. The maximum absolute atomic E-state index is 13.1. The third kappa shape index (κ3) is 4.48. The fourth-order valence-electron chi connectivity index (χ4n) is 3.24.